The Balaban J connectivity index is 2.13. The second kappa shape index (κ2) is 5.60. The van der Waals surface area contributed by atoms with Crippen LogP contribution in [0.2, 0.25) is 0 Å². The number of carbonyl (C=O) groups is 1. The molecule has 110 valence electrons. The number of allylic oxidation sites excluding steroid dienone is 3. The molecule has 2 aromatic carbocycles. The molecule has 3 rings (SSSR count). The lowest BCUT2D eigenvalue weighted by molar-refractivity contribution is -0.135. The lowest BCUT2D eigenvalue weighted by Crippen LogP contribution is -1.95. The van der Waals surface area contributed by atoms with E-state index < -0.39 is 5.97 Å². The summed E-state index contributed by atoms with van der Waals surface area (Å²) in [5.41, 5.74) is 5.73. The van der Waals surface area contributed by atoms with E-state index >= 15 is 0 Å². The largest absolute Gasteiger partial charge is 0.481 e. The first-order chi connectivity index (χ1) is 10.6. The highest BCUT2D eigenvalue weighted by Crippen LogP contribution is 2.40. The zero-order valence-electron chi connectivity index (χ0n) is 12.1. The van der Waals surface area contributed by atoms with Crippen molar-refractivity contribution in [3.63, 3.8) is 0 Å². The van der Waals surface area contributed by atoms with Crippen LogP contribution in [0.15, 0.2) is 54.6 Å². The van der Waals surface area contributed by atoms with Crippen LogP contribution in [0.1, 0.15) is 30.0 Å². The predicted molar refractivity (Wildman–Crippen MR) is 85.6 cm³/mol. The summed E-state index contributed by atoms with van der Waals surface area (Å²) < 4.78 is 13.1. The summed E-state index contributed by atoms with van der Waals surface area (Å²) in [5.74, 6) is -1.11. The maximum atomic E-state index is 13.1. The first-order valence-electron chi connectivity index (χ1n) is 7.05. The summed E-state index contributed by atoms with van der Waals surface area (Å²) in [4.78, 5) is 11.1. The van der Waals surface area contributed by atoms with Gasteiger partial charge in [0.25, 0.3) is 0 Å². The third-order valence-corrected chi connectivity index (χ3v) is 3.90. The van der Waals surface area contributed by atoms with Crippen LogP contribution in [0.4, 0.5) is 4.39 Å². The standard InChI is InChI=1S/C19H15FO2/c1-12(13-6-8-15(20)9-7-13)18-10-14(11-19(21)22)16-4-2-3-5-17(16)18/h2-10H,11H2,1H3,(H,21,22)/b18-12+. The normalized spacial score (nSPS) is 15.3. The van der Waals surface area contributed by atoms with Crippen LogP contribution < -0.4 is 0 Å². The third-order valence-electron chi connectivity index (χ3n) is 3.90. The molecule has 1 N–H and O–H groups in total. The molecule has 2 aromatic rings. The van der Waals surface area contributed by atoms with Gasteiger partial charge in [-0.2, -0.15) is 0 Å². The van der Waals surface area contributed by atoms with Gasteiger partial charge in [-0.15, -0.1) is 0 Å². The Morgan fingerprint density at radius 1 is 1.05 bits per heavy atom. The number of halogens is 1. The van der Waals surface area contributed by atoms with Crippen molar-refractivity contribution in [3.8, 4) is 0 Å². The molecule has 0 unspecified atom stereocenters. The van der Waals surface area contributed by atoms with Crippen LogP contribution >= 0.6 is 0 Å². The number of hydrogen-bond acceptors (Lipinski definition) is 1. The lowest BCUT2D eigenvalue weighted by atomic mass is 9.97. The van der Waals surface area contributed by atoms with Crippen molar-refractivity contribution in [2.45, 2.75) is 13.3 Å². The van der Waals surface area contributed by atoms with Gasteiger partial charge < -0.3 is 5.11 Å². The Labute approximate surface area is 128 Å². The first-order valence-corrected chi connectivity index (χ1v) is 7.05. The molecule has 0 aromatic heterocycles. The monoisotopic (exact) mass is 294 g/mol. The first kappa shape index (κ1) is 14.3. The Hall–Kier alpha value is -2.68. The molecule has 0 atom stereocenters. The minimum atomic E-state index is -0.846. The Bertz CT molecular complexity index is 798. The Kier molecular flexibility index (Phi) is 3.63. The molecule has 0 heterocycles. The molecule has 0 radical (unpaired) electrons. The smallest absolute Gasteiger partial charge is 0.307 e. The molecule has 3 heteroatoms. The summed E-state index contributed by atoms with van der Waals surface area (Å²) in [6.07, 6.45) is 1.93. The van der Waals surface area contributed by atoms with Crippen molar-refractivity contribution >= 4 is 22.7 Å². The Morgan fingerprint density at radius 3 is 2.32 bits per heavy atom. The summed E-state index contributed by atoms with van der Waals surface area (Å²) in [7, 11) is 0. The third kappa shape index (κ3) is 2.58. The van der Waals surface area contributed by atoms with Crippen molar-refractivity contribution in [2.24, 2.45) is 0 Å². The zero-order valence-corrected chi connectivity index (χ0v) is 12.1. The van der Waals surface area contributed by atoms with Crippen molar-refractivity contribution < 1.29 is 14.3 Å². The quantitative estimate of drug-likeness (QED) is 0.896. The molecule has 0 fully saturated rings. The summed E-state index contributed by atoms with van der Waals surface area (Å²) in [5, 5.41) is 9.07. The van der Waals surface area contributed by atoms with Crippen molar-refractivity contribution in [1.82, 2.24) is 0 Å². The molecule has 0 amide bonds. The van der Waals surface area contributed by atoms with Gasteiger partial charge in [-0.3, -0.25) is 4.79 Å². The molecular formula is C19H15FO2. The Morgan fingerprint density at radius 2 is 1.68 bits per heavy atom. The number of aliphatic carboxylic acids is 1. The van der Waals surface area contributed by atoms with Gasteiger partial charge in [0, 0.05) is 0 Å². The average Bonchev–Trinajstić information content (AvgIpc) is 2.86. The number of rotatable bonds is 3. The van der Waals surface area contributed by atoms with E-state index in [0.29, 0.717) is 0 Å². The van der Waals surface area contributed by atoms with Crippen molar-refractivity contribution in [3.05, 3.63) is 77.1 Å². The SMILES string of the molecule is C/C(=C1/C=C(CC(=O)O)c2ccccc21)c1ccc(F)cc1. The van der Waals surface area contributed by atoms with Gasteiger partial charge in [0.1, 0.15) is 5.82 Å². The van der Waals surface area contributed by atoms with E-state index in [4.69, 9.17) is 5.11 Å². The number of fused-ring (bicyclic) bond motifs is 1. The van der Waals surface area contributed by atoms with Gasteiger partial charge in [0.2, 0.25) is 0 Å². The molecular weight excluding hydrogens is 279 g/mol. The topological polar surface area (TPSA) is 37.3 Å². The minimum absolute atomic E-state index is 0.00277. The van der Waals surface area contributed by atoms with Crippen molar-refractivity contribution in [2.75, 3.05) is 0 Å². The predicted octanol–water partition coefficient (Wildman–Crippen LogP) is 4.63. The summed E-state index contributed by atoms with van der Waals surface area (Å²) >= 11 is 0. The van der Waals surface area contributed by atoms with Gasteiger partial charge in [-0.1, -0.05) is 36.4 Å². The number of carboxylic acids is 1. The second-order valence-corrected chi connectivity index (χ2v) is 5.33. The van der Waals surface area contributed by atoms with Gasteiger partial charge in [-0.05, 0) is 58.5 Å². The molecule has 0 spiro atoms. The molecule has 2 nitrogen and oxygen atoms in total. The maximum absolute atomic E-state index is 13.1. The molecule has 0 saturated carbocycles. The van der Waals surface area contributed by atoms with E-state index in [-0.39, 0.29) is 12.2 Å². The van der Waals surface area contributed by atoms with Crippen LogP contribution in [-0.2, 0) is 4.79 Å². The molecule has 1 aliphatic carbocycles. The zero-order chi connectivity index (χ0) is 15.7. The van der Waals surface area contributed by atoms with Crippen molar-refractivity contribution in [1.29, 1.82) is 0 Å². The summed E-state index contributed by atoms with van der Waals surface area (Å²) in [6.45, 7) is 1.97. The van der Waals surface area contributed by atoms with E-state index in [1.54, 1.807) is 12.1 Å². The molecule has 0 bridgehead atoms. The van der Waals surface area contributed by atoms with E-state index in [9.17, 15) is 9.18 Å². The summed E-state index contributed by atoms with van der Waals surface area (Å²) in [6, 6.07) is 14.1. The highest BCUT2D eigenvalue weighted by Gasteiger charge is 2.21. The fraction of sp³-hybridized carbons (Fsp3) is 0.105. The van der Waals surface area contributed by atoms with Gasteiger partial charge in [-0.25, -0.2) is 4.39 Å². The van der Waals surface area contributed by atoms with Crippen LogP contribution in [-0.4, -0.2) is 11.1 Å². The van der Waals surface area contributed by atoms with Gasteiger partial charge >= 0.3 is 5.97 Å². The molecule has 22 heavy (non-hydrogen) atoms. The second-order valence-electron chi connectivity index (χ2n) is 5.33. The number of hydrogen-bond donors (Lipinski definition) is 1. The fourth-order valence-corrected chi connectivity index (χ4v) is 2.80. The lowest BCUT2D eigenvalue weighted by Gasteiger charge is -2.08. The van der Waals surface area contributed by atoms with Crippen LogP contribution in [0, 0.1) is 5.82 Å². The van der Waals surface area contributed by atoms with Crippen LogP contribution in [0.5, 0.6) is 0 Å². The fourth-order valence-electron chi connectivity index (χ4n) is 2.80. The molecule has 0 aliphatic heterocycles. The number of benzene rings is 2. The minimum Gasteiger partial charge on any atom is -0.481 e. The van der Waals surface area contributed by atoms with E-state index in [1.807, 2.05) is 37.3 Å². The van der Waals surface area contributed by atoms with Crippen LogP contribution in [0.25, 0.3) is 16.7 Å². The average molecular weight is 294 g/mol. The number of carboxylic acid groups (broad SMARTS) is 1. The van der Waals surface area contributed by atoms with E-state index in [2.05, 4.69) is 0 Å². The van der Waals surface area contributed by atoms with E-state index in [0.717, 1.165) is 33.4 Å². The molecule has 0 saturated heterocycles. The highest BCUT2D eigenvalue weighted by atomic mass is 19.1. The van der Waals surface area contributed by atoms with Gasteiger partial charge in [0.05, 0.1) is 6.42 Å². The van der Waals surface area contributed by atoms with Crippen LogP contribution in [0.3, 0.4) is 0 Å². The molecule has 1 aliphatic rings. The highest BCUT2D eigenvalue weighted by molar-refractivity contribution is 6.07. The maximum Gasteiger partial charge on any atom is 0.307 e. The van der Waals surface area contributed by atoms with Gasteiger partial charge in [0.15, 0.2) is 0 Å². The van der Waals surface area contributed by atoms with E-state index in [1.165, 1.54) is 12.1 Å².